The van der Waals surface area contributed by atoms with E-state index < -0.39 is 0 Å². The second kappa shape index (κ2) is 7.01. The third kappa shape index (κ3) is 3.15. The fourth-order valence-electron chi connectivity index (χ4n) is 3.32. The number of carbonyl (C=O) groups excluding carboxylic acids is 1. The van der Waals surface area contributed by atoms with Gasteiger partial charge in [0, 0.05) is 55.6 Å². The van der Waals surface area contributed by atoms with Crippen molar-refractivity contribution >= 4 is 17.2 Å². The highest BCUT2D eigenvalue weighted by Crippen LogP contribution is 2.25. The molecule has 2 aromatic heterocycles. The lowest BCUT2D eigenvalue weighted by Crippen LogP contribution is -2.49. The molecule has 134 valence electrons. The van der Waals surface area contributed by atoms with Crippen LogP contribution in [-0.2, 0) is 7.05 Å². The summed E-state index contributed by atoms with van der Waals surface area (Å²) in [6.07, 6.45) is 3.69. The number of aryl methyl sites for hydroxylation is 2. The summed E-state index contributed by atoms with van der Waals surface area (Å²) in [5.41, 5.74) is 2.69. The molecule has 0 spiro atoms. The number of carbonyl (C=O) groups is 1. The number of rotatable bonds is 3. The first-order valence-electron chi connectivity index (χ1n) is 8.65. The van der Waals surface area contributed by atoms with E-state index in [1.807, 2.05) is 59.3 Å². The Balaban J connectivity index is 1.58. The number of nitrogens with zero attached hydrogens (tertiary/aromatic N) is 4. The molecule has 0 aliphatic carbocycles. The van der Waals surface area contributed by atoms with Crippen LogP contribution in [0.1, 0.15) is 27.2 Å². The van der Waals surface area contributed by atoms with E-state index in [4.69, 9.17) is 0 Å². The summed E-state index contributed by atoms with van der Waals surface area (Å²) in [6, 6.07) is 7.67. The molecule has 1 aromatic carbocycles. The van der Waals surface area contributed by atoms with Crippen LogP contribution in [0.2, 0.25) is 0 Å². The molecule has 0 bridgehead atoms. The Morgan fingerprint density at radius 1 is 1.31 bits per heavy atom. The molecule has 1 amide bonds. The monoisotopic (exact) mass is 367 g/mol. The van der Waals surface area contributed by atoms with Gasteiger partial charge in [0.25, 0.3) is 5.91 Å². The van der Waals surface area contributed by atoms with E-state index in [9.17, 15) is 4.79 Å². The van der Waals surface area contributed by atoms with Crippen molar-refractivity contribution in [3.63, 3.8) is 0 Å². The van der Waals surface area contributed by atoms with Crippen LogP contribution in [0.3, 0.4) is 0 Å². The number of hydrogen-bond acceptors (Lipinski definition) is 5. The highest BCUT2D eigenvalue weighted by atomic mass is 32.1. The lowest BCUT2D eigenvalue weighted by atomic mass is 10.1. The normalized spacial score (nSPS) is 17.5. The molecule has 1 fully saturated rings. The van der Waals surface area contributed by atoms with E-state index in [0.717, 1.165) is 28.6 Å². The van der Waals surface area contributed by atoms with Gasteiger partial charge in [-0.05, 0) is 19.1 Å². The smallest absolute Gasteiger partial charge is 0.254 e. The minimum Gasteiger partial charge on any atom is -0.336 e. The van der Waals surface area contributed by atoms with Crippen LogP contribution < -0.4 is 5.32 Å². The number of thiazole rings is 1. The van der Waals surface area contributed by atoms with Crippen molar-refractivity contribution in [3.05, 3.63) is 58.4 Å². The van der Waals surface area contributed by atoms with Gasteiger partial charge in [0.15, 0.2) is 0 Å². The van der Waals surface area contributed by atoms with Gasteiger partial charge in [0.1, 0.15) is 11.9 Å². The van der Waals surface area contributed by atoms with Crippen LogP contribution >= 0.6 is 11.3 Å². The Kier molecular flexibility index (Phi) is 4.57. The van der Waals surface area contributed by atoms with E-state index in [2.05, 4.69) is 15.3 Å². The summed E-state index contributed by atoms with van der Waals surface area (Å²) in [5, 5.41) is 6.45. The van der Waals surface area contributed by atoms with Crippen molar-refractivity contribution in [1.82, 2.24) is 24.8 Å². The first-order chi connectivity index (χ1) is 12.6. The molecule has 0 saturated carbocycles. The van der Waals surface area contributed by atoms with Crippen LogP contribution in [0.5, 0.6) is 0 Å². The van der Waals surface area contributed by atoms with Crippen LogP contribution in [-0.4, -0.2) is 45.0 Å². The van der Waals surface area contributed by atoms with Crippen molar-refractivity contribution in [1.29, 1.82) is 0 Å². The number of imidazole rings is 1. The van der Waals surface area contributed by atoms with Gasteiger partial charge >= 0.3 is 0 Å². The zero-order chi connectivity index (χ0) is 18.1. The third-order valence-corrected chi connectivity index (χ3v) is 5.48. The van der Waals surface area contributed by atoms with Gasteiger partial charge in [-0.3, -0.25) is 4.79 Å². The molecule has 1 aliphatic rings. The average Bonchev–Trinajstić information content (AvgIpc) is 3.29. The molecule has 6 nitrogen and oxygen atoms in total. The van der Waals surface area contributed by atoms with E-state index >= 15 is 0 Å². The average molecular weight is 367 g/mol. The number of aromatic nitrogens is 3. The number of amides is 1. The minimum atomic E-state index is -0.0582. The SMILES string of the molecule is Cc1nc(-c2ccc(C(=O)N3CCNCC3c3nccn3C)cc2)cs1. The van der Waals surface area contributed by atoms with Gasteiger partial charge in [-0.2, -0.15) is 0 Å². The van der Waals surface area contributed by atoms with Crippen LogP contribution in [0, 0.1) is 6.92 Å². The summed E-state index contributed by atoms with van der Waals surface area (Å²) in [6.45, 7) is 4.17. The summed E-state index contributed by atoms with van der Waals surface area (Å²) < 4.78 is 1.98. The lowest BCUT2D eigenvalue weighted by molar-refractivity contribution is 0.0621. The van der Waals surface area contributed by atoms with E-state index in [1.165, 1.54) is 0 Å². The molecule has 1 saturated heterocycles. The molecule has 0 radical (unpaired) electrons. The highest BCUT2D eigenvalue weighted by Gasteiger charge is 2.31. The topological polar surface area (TPSA) is 63.1 Å². The molecular weight excluding hydrogens is 346 g/mol. The Labute approximate surface area is 156 Å². The summed E-state index contributed by atoms with van der Waals surface area (Å²) in [4.78, 5) is 24.0. The van der Waals surface area contributed by atoms with Crippen molar-refractivity contribution < 1.29 is 4.79 Å². The summed E-state index contributed by atoms with van der Waals surface area (Å²) in [5.74, 6) is 0.945. The van der Waals surface area contributed by atoms with Gasteiger partial charge in [0.05, 0.1) is 10.7 Å². The van der Waals surface area contributed by atoms with Gasteiger partial charge in [-0.25, -0.2) is 9.97 Å². The van der Waals surface area contributed by atoms with Gasteiger partial charge in [-0.1, -0.05) is 12.1 Å². The molecule has 26 heavy (non-hydrogen) atoms. The van der Waals surface area contributed by atoms with E-state index in [0.29, 0.717) is 18.7 Å². The maximum atomic E-state index is 13.1. The Morgan fingerprint density at radius 3 is 2.77 bits per heavy atom. The maximum Gasteiger partial charge on any atom is 0.254 e. The number of piperazine rings is 1. The van der Waals surface area contributed by atoms with Crippen LogP contribution in [0.4, 0.5) is 0 Å². The molecular formula is C19H21N5OS. The fraction of sp³-hybridized carbons (Fsp3) is 0.316. The van der Waals surface area contributed by atoms with Gasteiger partial charge in [0.2, 0.25) is 0 Å². The zero-order valence-electron chi connectivity index (χ0n) is 14.8. The lowest BCUT2D eigenvalue weighted by Gasteiger charge is -2.35. The Hall–Kier alpha value is -2.51. The minimum absolute atomic E-state index is 0.0421. The van der Waals surface area contributed by atoms with Crippen molar-refractivity contribution in [2.75, 3.05) is 19.6 Å². The van der Waals surface area contributed by atoms with Gasteiger partial charge in [-0.15, -0.1) is 11.3 Å². The molecule has 1 atom stereocenters. The first kappa shape index (κ1) is 16.9. The largest absolute Gasteiger partial charge is 0.336 e. The summed E-state index contributed by atoms with van der Waals surface area (Å²) in [7, 11) is 1.96. The quantitative estimate of drug-likeness (QED) is 0.773. The maximum absolute atomic E-state index is 13.1. The highest BCUT2D eigenvalue weighted by molar-refractivity contribution is 7.09. The molecule has 1 unspecified atom stereocenters. The third-order valence-electron chi connectivity index (χ3n) is 4.71. The van der Waals surface area contributed by atoms with Crippen LogP contribution in [0.25, 0.3) is 11.3 Å². The van der Waals surface area contributed by atoms with Crippen molar-refractivity contribution in [2.24, 2.45) is 7.05 Å². The number of nitrogens with one attached hydrogen (secondary N) is 1. The van der Waals surface area contributed by atoms with Crippen molar-refractivity contribution in [3.8, 4) is 11.3 Å². The molecule has 3 heterocycles. The number of benzene rings is 1. The number of hydrogen-bond donors (Lipinski definition) is 1. The second-order valence-corrected chi connectivity index (χ2v) is 7.51. The molecule has 1 N–H and O–H groups in total. The van der Waals surface area contributed by atoms with E-state index in [1.54, 1.807) is 17.5 Å². The summed E-state index contributed by atoms with van der Waals surface area (Å²) >= 11 is 1.63. The first-order valence-corrected chi connectivity index (χ1v) is 9.53. The predicted molar refractivity (Wildman–Crippen MR) is 102 cm³/mol. The van der Waals surface area contributed by atoms with Crippen LogP contribution in [0.15, 0.2) is 42.0 Å². The second-order valence-electron chi connectivity index (χ2n) is 6.44. The fourth-order valence-corrected chi connectivity index (χ4v) is 3.94. The molecule has 7 heteroatoms. The van der Waals surface area contributed by atoms with Gasteiger partial charge < -0.3 is 14.8 Å². The predicted octanol–water partition coefficient (Wildman–Crippen LogP) is 2.64. The Bertz CT molecular complexity index is 914. The molecule has 3 aromatic rings. The van der Waals surface area contributed by atoms with E-state index in [-0.39, 0.29) is 11.9 Å². The molecule has 1 aliphatic heterocycles. The molecule has 4 rings (SSSR count). The Morgan fingerprint density at radius 2 is 2.12 bits per heavy atom. The zero-order valence-corrected chi connectivity index (χ0v) is 15.7. The van der Waals surface area contributed by atoms with Crippen molar-refractivity contribution in [2.45, 2.75) is 13.0 Å². The standard InChI is InChI=1S/C19H21N5OS/c1-13-22-16(12-26-13)14-3-5-15(6-4-14)19(25)24-10-7-20-11-17(24)18-21-8-9-23(18)2/h3-6,8-9,12,17,20H,7,10-11H2,1-2H3.